The molecule has 2 aromatic heterocycles. The van der Waals surface area contributed by atoms with Crippen LogP contribution in [-0.2, 0) is 13.0 Å². The van der Waals surface area contributed by atoms with Crippen LogP contribution in [0.15, 0.2) is 42.5 Å². The number of anilines is 1. The first-order chi connectivity index (χ1) is 16.1. The Hall–Kier alpha value is -3.79. The highest BCUT2D eigenvalue weighted by atomic mass is 32.1. The fraction of sp³-hybridized carbons (Fsp3) is 0.261. The Bertz CT molecular complexity index is 1310. The van der Waals surface area contributed by atoms with Gasteiger partial charge in [-0.1, -0.05) is 11.3 Å². The van der Waals surface area contributed by atoms with Crippen molar-refractivity contribution in [2.75, 3.05) is 33.2 Å². The zero-order valence-electron chi connectivity index (χ0n) is 18.5. The minimum Gasteiger partial charge on any atom is -0.497 e. The molecule has 0 spiro atoms. The number of aromatic nitrogens is 3. The predicted molar refractivity (Wildman–Crippen MR) is 126 cm³/mol. The molecule has 0 saturated carbocycles. The van der Waals surface area contributed by atoms with Crippen molar-refractivity contribution in [3.63, 3.8) is 0 Å². The normalized spacial score (nSPS) is 13.0. The van der Waals surface area contributed by atoms with E-state index in [1.54, 1.807) is 55.8 Å². The molecular weight excluding hydrogens is 442 g/mol. The molecule has 2 aromatic carbocycles. The van der Waals surface area contributed by atoms with Gasteiger partial charge in [-0.25, -0.2) is 9.31 Å². The quantitative estimate of drug-likeness (QED) is 0.478. The second kappa shape index (κ2) is 8.62. The standard InChI is InChI=1S/C23H23N5O4S/c1-30-15-6-4-14(5-7-15)21-25-23-28(26-21)18-10-11-27(13-20(18)33-23)22(29)24-17-9-8-16(31-2)12-19(17)32-3/h4-9,12H,10-11,13H2,1-3H3,(H,24,29). The number of rotatable bonds is 5. The lowest BCUT2D eigenvalue weighted by molar-refractivity contribution is 0.206. The number of fused-ring (bicyclic) bond motifs is 3. The van der Waals surface area contributed by atoms with Gasteiger partial charge in [0.25, 0.3) is 0 Å². The maximum atomic E-state index is 12.9. The maximum Gasteiger partial charge on any atom is 0.322 e. The third kappa shape index (κ3) is 3.93. The van der Waals surface area contributed by atoms with Crippen LogP contribution in [0.5, 0.6) is 17.2 Å². The number of nitrogens with zero attached hydrogens (tertiary/aromatic N) is 4. The lowest BCUT2D eigenvalue weighted by Gasteiger charge is -2.27. The van der Waals surface area contributed by atoms with E-state index >= 15 is 0 Å². The summed E-state index contributed by atoms with van der Waals surface area (Å²) in [5, 5.41) is 7.66. The van der Waals surface area contributed by atoms with Crippen molar-refractivity contribution in [2.45, 2.75) is 13.0 Å². The molecule has 0 radical (unpaired) electrons. The molecule has 0 unspecified atom stereocenters. The van der Waals surface area contributed by atoms with Crippen LogP contribution in [0.2, 0.25) is 0 Å². The fourth-order valence-corrected chi connectivity index (χ4v) is 4.94. The molecule has 0 aliphatic carbocycles. The summed E-state index contributed by atoms with van der Waals surface area (Å²) in [6, 6.07) is 12.8. The summed E-state index contributed by atoms with van der Waals surface area (Å²) in [6.45, 7) is 1.09. The van der Waals surface area contributed by atoms with E-state index in [0.717, 1.165) is 26.8 Å². The van der Waals surface area contributed by atoms with Crippen LogP contribution in [0.4, 0.5) is 10.5 Å². The number of ether oxygens (including phenoxy) is 3. The van der Waals surface area contributed by atoms with Crippen molar-refractivity contribution in [2.24, 2.45) is 0 Å². The van der Waals surface area contributed by atoms with Gasteiger partial charge in [0.2, 0.25) is 4.96 Å². The highest BCUT2D eigenvalue weighted by Crippen LogP contribution is 2.32. The van der Waals surface area contributed by atoms with Crippen molar-refractivity contribution >= 4 is 28.0 Å². The summed E-state index contributed by atoms with van der Waals surface area (Å²) in [4.78, 5) is 21.3. The number of urea groups is 1. The first kappa shape index (κ1) is 21.1. The van der Waals surface area contributed by atoms with Crippen molar-refractivity contribution in [1.29, 1.82) is 0 Å². The molecule has 10 heteroatoms. The van der Waals surface area contributed by atoms with E-state index < -0.39 is 0 Å². The lowest BCUT2D eigenvalue weighted by Crippen LogP contribution is -2.38. The van der Waals surface area contributed by atoms with Crippen molar-refractivity contribution in [3.05, 3.63) is 53.0 Å². The Morgan fingerprint density at radius 3 is 2.52 bits per heavy atom. The van der Waals surface area contributed by atoms with E-state index in [1.165, 1.54) is 0 Å². The molecule has 5 rings (SSSR count). The fourth-order valence-electron chi connectivity index (χ4n) is 3.82. The Balaban J connectivity index is 1.33. The van der Waals surface area contributed by atoms with Gasteiger partial charge in [0.15, 0.2) is 5.82 Å². The molecule has 1 N–H and O–H groups in total. The summed E-state index contributed by atoms with van der Waals surface area (Å²) in [6.07, 6.45) is 0.702. The number of methoxy groups -OCH3 is 3. The molecule has 1 aliphatic heterocycles. The Morgan fingerprint density at radius 1 is 1.03 bits per heavy atom. The summed E-state index contributed by atoms with van der Waals surface area (Å²) in [5.74, 6) is 2.68. The lowest BCUT2D eigenvalue weighted by atomic mass is 10.2. The van der Waals surface area contributed by atoms with Crippen LogP contribution >= 0.6 is 11.3 Å². The van der Waals surface area contributed by atoms with E-state index in [4.69, 9.17) is 24.3 Å². The SMILES string of the molecule is COc1ccc(-c2nc3sc4c(n3n2)CCN(C(=O)Nc2ccc(OC)cc2OC)C4)cc1. The smallest absolute Gasteiger partial charge is 0.322 e. The Labute approximate surface area is 194 Å². The minimum atomic E-state index is -0.179. The summed E-state index contributed by atoms with van der Waals surface area (Å²) in [7, 11) is 4.79. The van der Waals surface area contributed by atoms with Gasteiger partial charge >= 0.3 is 6.03 Å². The molecule has 0 bridgehead atoms. The Morgan fingerprint density at radius 2 is 1.79 bits per heavy atom. The second-order valence-electron chi connectivity index (χ2n) is 7.50. The summed E-state index contributed by atoms with van der Waals surface area (Å²) < 4.78 is 17.7. The number of hydrogen-bond donors (Lipinski definition) is 1. The third-order valence-corrected chi connectivity index (χ3v) is 6.67. The van der Waals surface area contributed by atoms with Gasteiger partial charge in [-0.2, -0.15) is 4.98 Å². The predicted octanol–water partition coefficient (Wildman–Crippen LogP) is 4.07. The number of thiazole rings is 1. The van der Waals surface area contributed by atoms with Crippen LogP contribution in [0.1, 0.15) is 10.6 Å². The molecule has 2 amide bonds. The van der Waals surface area contributed by atoms with Crippen LogP contribution in [0.25, 0.3) is 16.3 Å². The van der Waals surface area contributed by atoms with Crippen molar-refractivity contribution < 1.29 is 19.0 Å². The average molecular weight is 466 g/mol. The van der Waals surface area contributed by atoms with E-state index in [0.29, 0.717) is 42.5 Å². The minimum absolute atomic E-state index is 0.179. The molecule has 0 fully saturated rings. The van der Waals surface area contributed by atoms with Gasteiger partial charge in [-0.15, -0.1) is 5.10 Å². The molecule has 4 aromatic rings. The summed E-state index contributed by atoms with van der Waals surface area (Å²) in [5.41, 5.74) is 2.64. The second-order valence-corrected chi connectivity index (χ2v) is 8.56. The molecule has 9 nitrogen and oxygen atoms in total. The number of benzene rings is 2. The van der Waals surface area contributed by atoms with Crippen LogP contribution in [0, 0.1) is 0 Å². The first-order valence-electron chi connectivity index (χ1n) is 10.4. The van der Waals surface area contributed by atoms with E-state index in [2.05, 4.69) is 5.32 Å². The van der Waals surface area contributed by atoms with Gasteiger partial charge in [-0.05, 0) is 36.4 Å². The highest BCUT2D eigenvalue weighted by molar-refractivity contribution is 7.17. The molecule has 170 valence electrons. The number of carbonyl (C=O) groups is 1. The molecule has 33 heavy (non-hydrogen) atoms. The van der Waals surface area contributed by atoms with E-state index in [-0.39, 0.29) is 6.03 Å². The topological polar surface area (TPSA) is 90.2 Å². The molecule has 3 heterocycles. The average Bonchev–Trinajstić information content (AvgIpc) is 3.42. The van der Waals surface area contributed by atoms with Gasteiger partial charge in [0.05, 0.1) is 39.3 Å². The number of amides is 2. The highest BCUT2D eigenvalue weighted by Gasteiger charge is 2.27. The van der Waals surface area contributed by atoms with Crippen LogP contribution in [0.3, 0.4) is 0 Å². The van der Waals surface area contributed by atoms with Gasteiger partial charge in [-0.3, -0.25) is 0 Å². The molecule has 1 aliphatic rings. The number of hydrogen-bond acceptors (Lipinski definition) is 7. The van der Waals surface area contributed by atoms with Gasteiger partial charge in [0.1, 0.15) is 17.2 Å². The molecular formula is C23H23N5O4S. The van der Waals surface area contributed by atoms with Crippen LogP contribution < -0.4 is 19.5 Å². The zero-order chi connectivity index (χ0) is 22.9. The van der Waals surface area contributed by atoms with Gasteiger partial charge in [0, 0.05) is 29.5 Å². The molecule has 0 atom stereocenters. The first-order valence-corrected chi connectivity index (χ1v) is 11.2. The van der Waals surface area contributed by atoms with E-state index in [9.17, 15) is 4.79 Å². The van der Waals surface area contributed by atoms with E-state index in [1.807, 2.05) is 28.8 Å². The van der Waals surface area contributed by atoms with Gasteiger partial charge < -0.3 is 24.4 Å². The number of carbonyl (C=O) groups excluding carboxylic acids is 1. The number of nitrogens with one attached hydrogen (secondary N) is 1. The molecule has 0 saturated heterocycles. The monoisotopic (exact) mass is 465 g/mol. The summed E-state index contributed by atoms with van der Waals surface area (Å²) >= 11 is 1.56. The van der Waals surface area contributed by atoms with Crippen molar-refractivity contribution in [3.8, 4) is 28.6 Å². The van der Waals surface area contributed by atoms with Crippen LogP contribution in [-0.4, -0.2) is 53.4 Å². The largest absolute Gasteiger partial charge is 0.497 e. The Kier molecular flexibility index (Phi) is 5.51. The zero-order valence-corrected chi connectivity index (χ0v) is 19.3. The van der Waals surface area contributed by atoms with Crippen molar-refractivity contribution in [1.82, 2.24) is 19.5 Å². The third-order valence-electron chi connectivity index (χ3n) is 5.61. The maximum absolute atomic E-state index is 12.9.